The van der Waals surface area contributed by atoms with Gasteiger partial charge in [0.05, 0.1) is 0 Å². The molecule has 0 aromatic heterocycles. The fourth-order valence-electron chi connectivity index (χ4n) is 2.97. The minimum atomic E-state index is 0.293. The van der Waals surface area contributed by atoms with Crippen LogP contribution in [0.3, 0.4) is 0 Å². The maximum absolute atomic E-state index is 7.50. The zero-order valence-corrected chi connectivity index (χ0v) is 19.1. The summed E-state index contributed by atoms with van der Waals surface area (Å²) in [5.41, 5.74) is 3.89. The molecule has 0 aliphatic rings. The van der Waals surface area contributed by atoms with Crippen LogP contribution in [0.5, 0.6) is 17.2 Å². The van der Waals surface area contributed by atoms with Gasteiger partial charge >= 0.3 is 0 Å². The minimum absolute atomic E-state index is 0.293. The normalized spacial score (nSPS) is 10.7. The van der Waals surface area contributed by atoms with E-state index in [-0.39, 0.29) is 0 Å². The fraction of sp³-hybridized carbons (Fsp3) is 0.143. The highest BCUT2D eigenvalue weighted by molar-refractivity contribution is 7.80. The van der Waals surface area contributed by atoms with Crippen LogP contribution in [0, 0.1) is 0 Å². The highest BCUT2D eigenvalue weighted by atomic mass is 32.1. The number of rotatable bonds is 3. The lowest BCUT2D eigenvalue weighted by Crippen LogP contribution is -2.10. The molecule has 0 saturated heterocycles. The SMILES string of the molecule is CC(C)(C)c1ccccc1.[OH2+]c1ccc(-c2ccc(Oc3ccc(S)cc3)cc2)cc1. The number of ether oxygens (including phenoxy) is 1. The van der Waals surface area contributed by atoms with Crippen LogP contribution in [-0.4, -0.2) is 5.11 Å². The predicted octanol–water partition coefficient (Wildman–Crippen LogP) is 7.86. The van der Waals surface area contributed by atoms with Crippen LogP contribution in [0.15, 0.2) is 108 Å². The second-order valence-corrected chi connectivity index (χ2v) is 8.83. The second kappa shape index (κ2) is 10.2. The largest absolute Gasteiger partial charge is 0.593 e. The Labute approximate surface area is 190 Å². The van der Waals surface area contributed by atoms with Gasteiger partial charge in [-0.2, -0.15) is 0 Å². The summed E-state index contributed by atoms with van der Waals surface area (Å²) in [5.74, 6) is 2.10. The summed E-state index contributed by atoms with van der Waals surface area (Å²) in [5, 5.41) is 7.50. The Morgan fingerprint density at radius 1 is 0.613 bits per heavy atom. The molecule has 0 spiro atoms. The Bertz CT molecular complexity index is 1060. The lowest BCUT2D eigenvalue weighted by atomic mass is 9.87. The minimum Gasteiger partial charge on any atom is -0.593 e. The third kappa shape index (κ3) is 6.94. The van der Waals surface area contributed by atoms with Crippen molar-refractivity contribution in [2.75, 3.05) is 0 Å². The van der Waals surface area contributed by atoms with Crippen molar-refractivity contribution in [3.63, 3.8) is 0 Å². The zero-order valence-electron chi connectivity index (χ0n) is 18.2. The molecule has 158 valence electrons. The molecule has 2 nitrogen and oxygen atoms in total. The van der Waals surface area contributed by atoms with Gasteiger partial charge in [-0.1, -0.05) is 63.2 Å². The van der Waals surface area contributed by atoms with Crippen molar-refractivity contribution in [2.45, 2.75) is 31.1 Å². The average molecular weight is 430 g/mol. The van der Waals surface area contributed by atoms with E-state index in [1.807, 2.05) is 60.7 Å². The van der Waals surface area contributed by atoms with Crippen molar-refractivity contribution in [2.24, 2.45) is 0 Å². The third-order valence-electron chi connectivity index (χ3n) is 4.78. The van der Waals surface area contributed by atoms with E-state index in [0.29, 0.717) is 11.2 Å². The van der Waals surface area contributed by atoms with Crippen molar-refractivity contribution < 1.29 is 9.84 Å². The molecule has 2 N–H and O–H groups in total. The first-order chi connectivity index (χ1) is 14.8. The van der Waals surface area contributed by atoms with Crippen LogP contribution in [0.25, 0.3) is 11.1 Å². The Morgan fingerprint density at radius 3 is 1.52 bits per heavy atom. The molecule has 31 heavy (non-hydrogen) atoms. The molecule has 3 heteroatoms. The molecule has 0 saturated carbocycles. The quantitative estimate of drug-likeness (QED) is 0.261. The molecule has 0 heterocycles. The van der Waals surface area contributed by atoms with E-state index in [4.69, 9.17) is 9.84 Å². The van der Waals surface area contributed by atoms with Crippen LogP contribution >= 0.6 is 12.6 Å². The third-order valence-corrected chi connectivity index (χ3v) is 5.08. The molecule has 0 bridgehead atoms. The zero-order chi connectivity index (χ0) is 22.3. The van der Waals surface area contributed by atoms with Crippen molar-refractivity contribution in [3.05, 3.63) is 109 Å². The molecule has 0 atom stereocenters. The molecule has 4 aromatic rings. The van der Waals surface area contributed by atoms with E-state index in [1.54, 1.807) is 12.1 Å². The summed E-state index contributed by atoms with van der Waals surface area (Å²) < 4.78 is 5.78. The van der Waals surface area contributed by atoms with Gasteiger partial charge in [0.15, 0.2) is 0 Å². The van der Waals surface area contributed by atoms with E-state index < -0.39 is 0 Å². The van der Waals surface area contributed by atoms with Gasteiger partial charge in [0.1, 0.15) is 11.5 Å². The Kier molecular flexibility index (Phi) is 7.43. The Morgan fingerprint density at radius 2 is 1.06 bits per heavy atom. The highest BCUT2D eigenvalue weighted by Crippen LogP contribution is 2.27. The highest BCUT2D eigenvalue weighted by Gasteiger charge is 2.11. The summed E-state index contributed by atoms with van der Waals surface area (Å²) in [4.78, 5) is 0.913. The summed E-state index contributed by atoms with van der Waals surface area (Å²) in [6.07, 6.45) is 0. The number of benzene rings is 4. The van der Waals surface area contributed by atoms with Crippen molar-refractivity contribution >= 4 is 12.6 Å². The maximum atomic E-state index is 7.50. The van der Waals surface area contributed by atoms with Crippen LogP contribution in [0.4, 0.5) is 0 Å². The monoisotopic (exact) mass is 429 g/mol. The standard InChI is InChI=1S/C18H14O2S.C10H14/c19-15-5-1-13(2-6-15)14-3-7-16(8-4-14)20-17-9-11-18(21)12-10-17;1-10(2,3)9-7-5-4-6-8-9/h1-12,19,21H;4-8H,1-3H3/p+1. The first-order valence-corrected chi connectivity index (χ1v) is 10.7. The van der Waals surface area contributed by atoms with Gasteiger partial charge < -0.3 is 9.84 Å². The molecule has 4 aromatic carbocycles. The smallest absolute Gasteiger partial charge is 0.253 e. The van der Waals surface area contributed by atoms with Crippen LogP contribution in [-0.2, 0) is 5.41 Å². The van der Waals surface area contributed by atoms with Gasteiger partial charge in [0, 0.05) is 17.0 Å². The maximum Gasteiger partial charge on any atom is 0.253 e. The molecule has 0 amide bonds. The van der Waals surface area contributed by atoms with E-state index in [0.717, 1.165) is 27.5 Å². The first kappa shape index (κ1) is 22.5. The van der Waals surface area contributed by atoms with E-state index in [1.165, 1.54) is 5.56 Å². The molecule has 0 fully saturated rings. The topological polar surface area (TPSA) is 32.1 Å². The number of hydrogen-bond donors (Lipinski definition) is 1. The molecule has 4 rings (SSSR count). The van der Waals surface area contributed by atoms with Gasteiger partial charge in [-0.05, 0) is 70.6 Å². The molecule has 0 radical (unpaired) electrons. The van der Waals surface area contributed by atoms with Crippen molar-refractivity contribution in [1.29, 1.82) is 0 Å². The van der Waals surface area contributed by atoms with Crippen LogP contribution < -0.4 is 4.74 Å². The fourth-order valence-corrected chi connectivity index (χ4v) is 3.12. The van der Waals surface area contributed by atoms with Gasteiger partial charge in [-0.25, -0.2) is 0 Å². The summed E-state index contributed by atoms with van der Waals surface area (Å²) in [6, 6.07) is 33.5. The van der Waals surface area contributed by atoms with E-state index >= 15 is 0 Å². The van der Waals surface area contributed by atoms with E-state index in [9.17, 15) is 0 Å². The predicted molar refractivity (Wildman–Crippen MR) is 134 cm³/mol. The molecule has 0 aliphatic carbocycles. The van der Waals surface area contributed by atoms with Gasteiger partial charge in [0.25, 0.3) is 5.75 Å². The van der Waals surface area contributed by atoms with Gasteiger partial charge in [-0.15, -0.1) is 12.6 Å². The van der Waals surface area contributed by atoms with Crippen molar-refractivity contribution in [3.8, 4) is 28.4 Å². The molecular formula is C28H29O2S+. The second-order valence-electron chi connectivity index (χ2n) is 8.31. The summed E-state index contributed by atoms with van der Waals surface area (Å²) in [7, 11) is 0. The average Bonchev–Trinajstić information content (AvgIpc) is 2.77. The number of hydrogen-bond acceptors (Lipinski definition) is 2. The van der Waals surface area contributed by atoms with Crippen LogP contribution in [0.2, 0.25) is 0 Å². The Hall–Kier alpha value is -3.17. The number of thiol groups is 1. The van der Waals surface area contributed by atoms with Crippen molar-refractivity contribution in [1.82, 2.24) is 0 Å². The van der Waals surface area contributed by atoms with E-state index in [2.05, 4.69) is 63.7 Å². The Balaban J connectivity index is 0.000000229. The summed E-state index contributed by atoms with van der Waals surface area (Å²) >= 11 is 4.25. The lowest BCUT2D eigenvalue weighted by molar-refractivity contribution is 0.475. The molecular weight excluding hydrogens is 400 g/mol. The molecule has 0 aliphatic heterocycles. The van der Waals surface area contributed by atoms with Crippen LogP contribution in [0.1, 0.15) is 26.3 Å². The van der Waals surface area contributed by atoms with Gasteiger partial charge in [-0.3, -0.25) is 0 Å². The first-order valence-electron chi connectivity index (χ1n) is 10.3. The molecule has 0 unspecified atom stereocenters. The van der Waals surface area contributed by atoms with Gasteiger partial charge in [0.2, 0.25) is 0 Å². The lowest BCUT2D eigenvalue weighted by Gasteiger charge is -2.18. The summed E-state index contributed by atoms with van der Waals surface area (Å²) in [6.45, 7) is 6.67.